The topological polar surface area (TPSA) is 68.5 Å². The lowest BCUT2D eigenvalue weighted by molar-refractivity contribution is 0.308. The summed E-state index contributed by atoms with van der Waals surface area (Å²) in [4.78, 5) is 4.36. The molecule has 0 aromatic carbocycles. The van der Waals surface area contributed by atoms with E-state index in [2.05, 4.69) is 39.7 Å². The smallest absolute Gasteiger partial charge is 0.174 e. The summed E-state index contributed by atoms with van der Waals surface area (Å²) < 4.78 is 2.04. The molecule has 0 aliphatic heterocycles. The van der Waals surface area contributed by atoms with Crippen LogP contribution in [0, 0.1) is 5.92 Å². The Kier molecular flexibility index (Phi) is 4.65. The standard InChI is InChI=1S/C16H24N6/c1-12(2)15(18-14-10-6-7-11-17-14)16-19-20-21-22(16)13-8-4-3-5-9-13/h6-7,10-13,15H,3-5,8-9H2,1-2H3,(H,17,18). The summed E-state index contributed by atoms with van der Waals surface area (Å²) in [5, 5.41) is 16.0. The van der Waals surface area contributed by atoms with E-state index in [1.807, 2.05) is 22.9 Å². The second-order valence-corrected chi connectivity index (χ2v) is 6.35. The average molecular weight is 300 g/mol. The highest BCUT2D eigenvalue weighted by Crippen LogP contribution is 2.31. The van der Waals surface area contributed by atoms with Crippen LogP contribution >= 0.6 is 0 Å². The average Bonchev–Trinajstić information content (AvgIpc) is 3.03. The van der Waals surface area contributed by atoms with Crippen molar-refractivity contribution in [3.8, 4) is 0 Å². The van der Waals surface area contributed by atoms with Crippen LogP contribution in [0.5, 0.6) is 0 Å². The minimum atomic E-state index is 0.0619. The monoisotopic (exact) mass is 300 g/mol. The molecule has 118 valence electrons. The molecule has 0 saturated heterocycles. The number of hydrogen-bond donors (Lipinski definition) is 1. The summed E-state index contributed by atoms with van der Waals surface area (Å²) in [6, 6.07) is 6.38. The van der Waals surface area contributed by atoms with E-state index in [0.29, 0.717) is 12.0 Å². The summed E-state index contributed by atoms with van der Waals surface area (Å²) in [6.45, 7) is 4.36. The molecular formula is C16H24N6. The zero-order chi connectivity index (χ0) is 15.4. The number of tetrazole rings is 1. The minimum Gasteiger partial charge on any atom is -0.360 e. The summed E-state index contributed by atoms with van der Waals surface area (Å²) in [6.07, 6.45) is 8.00. The van der Waals surface area contributed by atoms with Gasteiger partial charge in [-0.1, -0.05) is 39.2 Å². The van der Waals surface area contributed by atoms with E-state index in [9.17, 15) is 0 Å². The van der Waals surface area contributed by atoms with Gasteiger partial charge in [0.05, 0.1) is 12.1 Å². The first-order valence-corrected chi connectivity index (χ1v) is 8.21. The van der Waals surface area contributed by atoms with Gasteiger partial charge < -0.3 is 5.32 Å². The maximum atomic E-state index is 4.36. The normalized spacial score (nSPS) is 17.6. The Labute approximate surface area is 131 Å². The molecule has 3 rings (SSSR count). The molecule has 22 heavy (non-hydrogen) atoms. The third-order valence-electron chi connectivity index (χ3n) is 4.35. The maximum Gasteiger partial charge on any atom is 0.174 e. The van der Waals surface area contributed by atoms with E-state index >= 15 is 0 Å². The van der Waals surface area contributed by atoms with Gasteiger partial charge in [0.25, 0.3) is 0 Å². The third kappa shape index (κ3) is 3.26. The number of hydrogen-bond acceptors (Lipinski definition) is 5. The van der Waals surface area contributed by atoms with E-state index < -0.39 is 0 Å². The molecule has 6 nitrogen and oxygen atoms in total. The summed E-state index contributed by atoms with van der Waals surface area (Å²) in [5.41, 5.74) is 0. The van der Waals surface area contributed by atoms with Gasteiger partial charge in [0.2, 0.25) is 0 Å². The Hall–Kier alpha value is -1.98. The first-order valence-electron chi connectivity index (χ1n) is 8.21. The molecule has 1 saturated carbocycles. The van der Waals surface area contributed by atoms with Gasteiger partial charge in [-0.25, -0.2) is 9.67 Å². The molecule has 1 atom stereocenters. The number of aromatic nitrogens is 5. The van der Waals surface area contributed by atoms with E-state index in [1.54, 1.807) is 6.20 Å². The Morgan fingerprint density at radius 2 is 2.00 bits per heavy atom. The predicted molar refractivity (Wildman–Crippen MR) is 85.4 cm³/mol. The van der Waals surface area contributed by atoms with Crippen molar-refractivity contribution in [1.29, 1.82) is 0 Å². The van der Waals surface area contributed by atoms with Crippen molar-refractivity contribution in [3.63, 3.8) is 0 Å². The Morgan fingerprint density at radius 3 is 2.68 bits per heavy atom. The lowest BCUT2D eigenvalue weighted by atomic mass is 9.95. The van der Waals surface area contributed by atoms with Crippen LogP contribution in [0.15, 0.2) is 24.4 Å². The molecule has 1 N–H and O–H groups in total. The first kappa shape index (κ1) is 14.9. The van der Waals surface area contributed by atoms with Crippen LogP contribution < -0.4 is 5.32 Å². The van der Waals surface area contributed by atoms with Gasteiger partial charge in [-0.15, -0.1) is 5.10 Å². The maximum absolute atomic E-state index is 4.36. The molecule has 0 spiro atoms. The number of rotatable bonds is 5. The quantitative estimate of drug-likeness (QED) is 0.916. The fourth-order valence-corrected chi connectivity index (χ4v) is 3.13. The molecule has 0 amide bonds. The van der Waals surface area contributed by atoms with Crippen molar-refractivity contribution in [2.75, 3.05) is 5.32 Å². The number of nitrogens with one attached hydrogen (secondary N) is 1. The predicted octanol–water partition coefficient (Wildman–Crippen LogP) is 3.38. The molecule has 0 bridgehead atoms. The molecular weight excluding hydrogens is 276 g/mol. The van der Waals surface area contributed by atoms with Crippen molar-refractivity contribution in [2.24, 2.45) is 5.92 Å². The second kappa shape index (κ2) is 6.85. The molecule has 1 aliphatic carbocycles. The van der Waals surface area contributed by atoms with Gasteiger partial charge in [0, 0.05) is 6.20 Å². The number of anilines is 1. The summed E-state index contributed by atoms with van der Waals surface area (Å²) >= 11 is 0. The Morgan fingerprint density at radius 1 is 1.18 bits per heavy atom. The van der Waals surface area contributed by atoms with Gasteiger partial charge >= 0.3 is 0 Å². The SMILES string of the molecule is CC(C)C(Nc1ccccn1)c1nnnn1C1CCCCC1. The lowest BCUT2D eigenvalue weighted by Gasteiger charge is -2.27. The highest BCUT2D eigenvalue weighted by molar-refractivity contribution is 5.35. The fourth-order valence-electron chi connectivity index (χ4n) is 3.13. The first-order chi connectivity index (χ1) is 10.8. The molecule has 2 aromatic rings. The molecule has 6 heteroatoms. The van der Waals surface area contributed by atoms with Crippen molar-refractivity contribution in [2.45, 2.75) is 58.0 Å². The van der Waals surface area contributed by atoms with Gasteiger partial charge in [0.15, 0.2) is 5.82 Å². The van der Waals surface area contributed by atoms with Gasteiger partial charge in [-0.3, -0.25) is 0 Å². The van der Waals surface area contributed by atoms with Crippen molar-refractivity contribution in [3.05, 3.63) is 30.2 Å². The van der Waals surface area contributed by atoms with Gasteiger partial charge in [-0.2, -0.15) is 0 Å². The highest BCUT2D eigenvalue weighted by atomic mass is 15.6. The van der Waals surface area contributed by atoms with Crippen LogP contribution in [0.4, 0.5) is 5.82 Å². The van der Waals surface area contributed by atoms with Crippen LogP contribution in [0.3, 0.4) is 0 Å². The summed E-state index contributed by atoms with van der Waals surface area (Å²) in [5.74, 6) is 2.15. The second-order valence-electron chi connectivity index (χ2n) is 6.35. The van der Waals surface area contributed by atoms with E-state index in [4.69, 9.17) is 0 Å². The molecule has 1 unspecified atom stereocenters. The van der Waals surface area contributed by atoms with E-state index in [1.165, 1.54) is 32.1 Å². The van der Waals surface area contributed by atoms with E-state index in [-0.39, 0.29) is 6.04 Å². The summed E-state index contributed by atoms with van der Waals surface area (Å²) in [7, 11) is 0. The third-order valence-corrected chi connectivity index (χ3v) is 4.35. The van der Waals surface area contributed by atoms with Gasteiger partial charge in [0.1, 0.15) is 5.82 Å². The number of nitrogens with zero attached hydrogens (tertiary/aromatic N) is 5. The van der Waals surface area contributed by atoms with Crippen LogP contribution in [-0.4, -0.2) is 25.2 Å². The molecule has 1 aliphatic rings. The van der Waals surface area contributed by atoms with Crippen molar-refractivity contribution < 1.29 is 0 Å². The fraction of sp³-hybridized carbons (Fsp3) is 0.625. The van der Waals surface area contributed by atoms with Crippen LogP contribution in [0.25, 0.3) is 0 Å². The van der Waals surface area contributed by atoms with Crippen LogP contribution in [0.2, 0.25) is 0 Å². The lowest BCUT2D eigenvalue weighted by Crippen LogP contribution is -2.25. The highest BCUT2D eigenvalue weighted by Gasteiger charge is 2.27. The van der Waals surface area contributed by atoms with Crippen molar-refractivity contribution in [1.82, 2.24) is 25.2 Å². The molecule has 0 radical (unpaired) electrons. The molecule has 1 fully saturated rings. The Balaban J connectivity index is 1.84. The van der Waals surface area contributed by atoms with Crippen LogP contribution in [-0.2, 0) is 0 Å². The molecule has 2 aromatic heterocycles. The van der Waals surface area contributed by atoms with Gasteiger partial charge in [-0.05, 0) is 41.3 Å². The van der Waals surface area contributed by atoms with Crippen LogP contribution in [0.1, 0.15) is 63.9 Å². The largest absolute Gasteiger partial charge is 0.360 e. The Bertz CT molecular complexity index is 573. The number of pyridine rings is 1. The zero-order valence-corrected chi connectivity index (χ0v) is 13.3. The zero-order valence-electron chi connectivity index (χ0n) is 13.3. The molecule has 2 heterocycles. The van der Waals surface area contributed by atoms with E-state index in [0.717, 1.165) is 11.6 Å². The minimum absolute atomic E-state index is 0.0619. The van der Waals surface area contributed by atoms with Crippen molar-refractivity contribution >= 4 is 5.82 Å².